The van der Waals surface area contributed by atoms with Crippen LogP contribution in [-0.4, -0.2) is 137 Å². The van der Waals surface area contributed by atoms with Crippen molar-refractivity contribution in [1.82, 2.24) is 19.1 Å². The van der Waals surface area contributed by atoms with E-state index in [-0.39, 0.29) is 16.7 Å². The first-order chi connectivity index (χ1) is 47.2. The number of ether oxygens (including phenoxy) is 11. The second-order valence-electron chi connectivity index (χ2n) is 21.3. The van der Waals surface area contributed by atoms with Gasteiger partial charge in [-0.25, -0.2) is 28.3 Å². The number of rotatable bonds is 28. The fourth-order valence-corrected chi connectivity index (χ4v) is 11.8. The van der Waals surface area contributed by atoms with E-state index in [4.69, 9.17) is 60.9 Å². The van der Waals surface area contributed by atoms with Crippen LogP contribution in [0.1, 0.15) is 46.7 Å². The van der Waals surface area contributed by atoms with E-state index in [1.807, 2.05) is 9.97 Å². The highest BCUT2D eigenvalue weighted by Crippen LogP contribution is 2.59. The number of carbonyl (C=O) groups is 3. The third kappa shape index (κ3) is 17.5. The maximum absolute atomic E-state index is 15.9. The van der Waals surface area contributed by atoms with Crippen molar-refractivity contribution >= 4 is 26.1 Å². The average Bonchev–Trinajstić information content (AvgIpc) is 1.65. The zero-order valence-electron chi connectivity index (χ0n) is 51.5. The summed E-state index contributed by atoms with van der Waals surface area (Å²) in [6.45, 7) is -5.37. The Balaban J connectivity index is 1.18. The molecule has 29 nitrogen and oxygen atoms in total. The molecule has 0 saturated carbocycles. The molecule has 4 heterocycles. The van der Waals surface area contributed by atoms with E-state index in [0.29, 0.717) is 44.0 Å². The molecule has 5 aromatic carbocycles. The highest BCUT2D eigenvalue weighted by Gasteiger charge is 2.66. The number of carbonyl (C=O) groups excluding carboxylic acids is 3. The van der Waals surface area contributed by atoms with Crippen LogP contribution in [0.4, 0.5) is 35.9 Å². The molecule has 0 radical (unpaired) electrons. The van der Waals surface area contributed by atoms with Gasteiger partial charge in [-0.05, 0) is 52.1 Å². The fourth-order valence-electron chi connectivity index (χ4n) is 10.4. The first-order valence-corrected chi connectivity index (χ1v) is 30.7. The molecule has 9 rings (SSSR count). The maximum Gasteiger partial charge on any atom is 0.509 e. The second-order valence-corrected chi connectivity index (χ2v) is 22.8. The number of benzene rings is 5. The number of hydrogen-bond donors (Lipinski definition) is 4. The van der Waals surface area contributed by atoms with E-state index < -0.39 is 167 Å². The number of nitriles is 1. The van der Waals surface area contributed by atoms with Gasteiger partial charge in [-0.2, -0.15) is 31.6 Å². The molecule has 0 bridgehead atoms. The smallest absolute Gasteiger partial charge is 0.497 e. The van der Waals surface area contributed by atoms with Crippen LogP contribution < -0.4 is 32.0 Å². The Bertz CT molecular complexity index is 4180. The third-order valence-corrected chi connectivity index (χ3v) is 16.5. The molecular weight excluding hydrogens is 1360 g/mol. The van der Waals surface area contributed by atoms with Crippen LogP contribution in [0.25, 0.3) is 0 Å². The number of aliphatic hydroxyl groups excluding tert-OH is 1. The number of halogens is 6. The van der Waals surface area contributed by atoms with Gasteiger partial charge in [0.05, 0.1) is 39.9 Å². The number of nitrogens with one attached hydrogen (secondary N) is 2. The molecule has 2 aromatic heterocycles. The van der Waals surface area contributed by atoms with Gasteiger partial charge in [-0.3, -0.25) is 42.5 Å². The number of phosphoric acid groups is 1. The minimum Gasteiger partial charge on any atom is -0.497 e. The van der Waals surface area contributed by atoms with Gasteiger partial charge in [-0.1, -0.05) is 115 Å². The van der Waals surface area contributed by atoms with Crippen molar-refractivity contribution in [3.05, 3.63) is 234 Å². The Labute approximate surface area is 553 Å². The molecule has 0 spiro atoms. The quantitative estimate of drug-likeness (QED) is 0.00725. The molecule has 36 heteroatoms. The summed E-state index contributed by atoms with van der Waals surface area (Å²) >= 11 is 0. The Morgan fingerprint density at radius 1 is 0.657 bits per heavy atom. The SMILES string of the molecule is COc1ccc(C(OC[C@H]2O[C@@H](n3ccc(=O)[nH]c3=O)[C@H](OCOC(=O)C(C(F)(F)F)C(F)(F)F)[C@@]2(O)OP(=O)(OCCC#N)OC(O)[C@H]2O[C@@H](n3ccc(=O)[nH]c3=O)[C@H](OC(=O)OCc3ccccc3)[C@@H]2OC(=O)OCc2ccccc2)(c2ccccc2)c2ccc(OC)cc2)cc1. The normalized spacial score (nSPS) is 21.0. The monoisotopic (exact) mass is 1410 g/mol. The van der Waals surface area contributed by atoms with Crippen molar-refractivity contribution < 1.29 is 121 Å². The molecule has 2 saturated heterocycles. The first kappa shape index (κ1) is 73.3. The predicted molar refractivity (Wildman–Crippen MR) is 320 cm³/mol. The summed E-state index contributed by atoms with van der Waals surface area (Å²) in [6.07, 6.45) is -35.4. The number of alkyl halides is 6. The molecule has 99 heavy (non-hydrogen) atoms. The molecule has 526 valence electrons. The van der Waals surface area contributed by atoms with Crippen molar-refractivity contribution in [2.45, 2.75) is 92.6 Å². The number of methoxy groups -OCH3 is 2. The first-order valence-electron chi connectivity index (χ1n) is 29.2. The molecule has 0 aliphatic carbocycles. The third-order valence-electron chi connectivity index (χ3n) is 15.0. The number of aromatic amines is 2. The molecule has 2 aliphatic heterocycles. The molecule has 4 N–H and O–H groups in total. The van der Waals surface area contributed by atoms with Crippen molar-refractivity contribution in [2.24, 2.45) is 5.92 Å². The van der Waals surface area contributed by atoms with Crippen molar-refractivity contribution in [3.63, 3.8) is 0 Å². The fraction of sp³-hybridized carbons (Fsp3) is 0.333. The number of phosphoric ester groups is 1. The number of esters is 1. The van der Waals surface area contributed by atoms with E-state index >= 15 is 4.57 Å². The Morgan fingerprint density at radius 3 is 1.61 bits per heavy atom. The van der Waals surface area contributed by atoms with Crippen LogP contribution in [0.15, 0.2) is 183 Å². The Hall–Kier alpha value is -9.99. The van der Waals surface area contributed by atoms with Gasteiger partial charge in [0.25, 0.3) is 11.1 Å². The highest BCUT2D eigenvalue weighted by atomic mass is 31.2. The van der Waals surface area contributed by atoms with Crippen LogP contribution >= 0.6 is 7.82 Å². The lowest BCUT2D eigenvalue weighted by Crippen LogP contribution is -2.54. The van der Waals surface area contributed by atoms with E-state index in [9.17, 15) is 75.4 Å². The zero-order chi connectivity index (χ0) is 71.3. The lowest BCUT2D eigenvalue weighted by Gasteiger charge is -2.39. The minimum atomic E-state index is -6.35. The van der Waals surface area contributed by atoms with Gasteiger partial charge in [-0.15, -0.1) is 0 Å². The van der Waals surface area contributed by atoms with Crippen LogP contribution in [0.5, 0.6) is 11.5 Å². The predicted octanol–water partition coefficient (Wildman–Crippen LogP) is 7.06. The largest absolute Gasteiger partial charge is 0.509 e. The Morgan fingerprint density at radius 2 is 1.13 bits per heavy atom. The van der Waals surface area contributed by atoms with Crippen molar-refractivity contribution in [1.29, 1.82) is 5.26 Å². The van der Waals surface area contributed by atoms with Gasteiger partial charge in [0, 0.05) is 24.5 Å². The van der Waals surface area contributed by atoms with Gasteiger partial charge in [0.15, 0.2) is 50.0 Å². The van der Waals surface area contributed by atoms with E-state index in [1.165, 1.54) is 50.6 Å². The highest BCUT2D eigenvalue weighted by molar-refractivity contribution is 7.48. The molecular formula is C63H58F6N5O24P. The summed E-state index contributed by atoms with van der Waals surface area (Å²) < 4.78 is 180. The number of aromatic nitrogens is 4. The van der Waals surface area contributed by atoms with Crippen LogP contribution in [0, 0.1) is 17.2 Å². The molecule has 2 fully saturated rings. The molecule has 2 unspecified atom stereocenters. The second kappa shape index (κ2) is 31.7. The van der Waals surface area contributed by atoms with Gasteiger partial charge >= 0.3 is 49.8 Å². The van der Waals surface area contributed by atoms with Crippen molar-refractivity contribution in [2.75, 3.05) is 34.2 Å². The van der Waals surface area contributed by atoms with Gasteiger partial charge in [0.2, 0.25) is 11.7 Å². The Kier molecular flexibility index (Phi) is 23.4. The summed E-state index contributed by atoms with van der Waals surface area (Å²) in [4.78, 5) is 96.6. The lowest BCUT2D eigenvalue weighted by molar-refractivity contribution is -0.289. The number of H-pyrrole nitrogens is 2. The minimum absolute atomic E-state index is 0.252. The molecule has 7 aromatic rings. The molecule has 2 aliphatic rings. The van der Waals surface area contributed by atoms with Gasteiger partial charge < -0.3 is 62.3 Å². The van der Waals surface area contributed by atoms with Crippen molar-refractivity contribution in [3.8, 4) is 17.6 Å². The van der Waals surface area contributed by atoms with E-state index in [0.717, 1.165) is 12.3 Å². The summed E-state index contributed by atoms with van der Waals surface area (Å²) in [5, 5.41) is 35.8. The van der Waals surface area contributed by atoms with E-state index in [1.54, 1.807) is 109 Å². The standard InChI is InChI=1S/C63H58F6N5O24P/c1-85-42-23-19-40(20-24-42)60(39-17-10-5-11-18-39,41-21-25-43(86-2)26-22-41)91-35-44-61(83,51(53(93-44)74-31-28-46(76)72-57(74)80)89-36-90-55(78)50(62(64,65)66)63(67,68)69)98-99(84,92-32-12-29-70)97-54(77)49-47(95-58(81)87-33-37-13-6-3-7-14-37)48(52(94-49)73-30-27-45(75)71-56(73)79)96-59(82)88-34-38-15-8-4-9-16-38/h3-11,13-28,30-31,44,47-54,77,83H,12,32-36H2,1-2H3,(H,71,75,79)(H,72,76,80)/t44-,47+,48-,49+,51+,52-,53-,54?,61+,99?/m1/s1. The van der Waals surface area contributed by atoms with Crippen LogP contribution in [0.2, 0.25) is 0 Å². The van der Waals surface area contributed by atoms with Gasteiger partial charge in [0.1, 0.15) is 36.4 Å². The number of aliphatic hydroxyl groups is 2. The zero-order valence-corrected chi connectivity index (χ0v) is 52.4. The van der Waals surface area contributed by atoms with Crippen LogP contribution in [0.3, 0.4) is 0 Å². The summed E-state index contributed by atoms with van der Waals surface area (Å²) in [5.74, 6) is -11.1. The lowest BCUT2D eigenvalue weighted by atomic mass is 9.80. The van der Waals surface area contributed by atoms with E-state index in [2.05, 4.69) is 4.74 Å². The number of hydrogen-bond acceptors (Lipinski definition) is 25. The summed E-state index contributed by atoms with van der Waals surface area (Å²) in [6, 6.07) is 39.2. The molecule has 0 amide bonds. The summed E-state index contributed by atoms with van der Waals surface area (Å²) in [5.41, 5.74) is -5.24. The average molecular weight is 1410 g/mol. The van der Waals surface area contributed by atoms with Crippen LogP contribution in [-0.2, 0) is 84.4 Å². The topological polar surface area (TPSA) is 371 Å². The maximum atomic E-state index is 15.9. The summed E-state index contributed by atoms with van der Waals surface area (Å²) in [7, 11) is -3.56. The molecule has 10 atom stereocenters. The number of nitrogens with zero attached hydrogens (tertiary/aromatic N) is 3.